The van der Waals surface area contributed by atoms with Gasteiger partial charge in [0.05, 0.1) is 6.10 Å². The number of fused-ring (bicyclic) bond motifs is 3. The fourth-order valence-electron chi connectivity index (χ4n) is 5.96. The average Bonchev–Trinajstić information content (AvgIpc) is 2.71. The molecule has 0 aromatic rings. The van der Waals surface area contributed by atoms with Crippen LogP contribution in [-0.2, 0) is 4.79 Å². The van der Waals surface area contributed by atoms with Gasteiger partial charge in [-0.1, -0.05) is 13.8 Å². The van der Waals surface area contributed by atoms with Crippen LogP contribution in [0.2, 0.25) is 0 Å². The molecule has 3 saturated carbocycles. The van der Waals surface area contributed by atoms with Crippen LogP contribution < -0.4 is 0 Å². The van der Waals surface area contributed by atoms with E-state index < -0.39 is 0 Å². The predicted molar refractivity (Wildman–Crippen MR) is 75.6 cm³/mol. The molecule has 0 radical (unpaired) electrons. The average molecular weight is 264 g/mol. The Morgan fingerprint density at radius 1 is 1.21 bits per heavy atom. The molecule has 3 aliphatic carbocycles. The molecule has 19 heavy (non-hydrogen) atoms. The van der Waals surface area contributed by atoms with Crippen molar-refractivity contribution in [2.75, 3.05) is 0 Å². The number of aliphatic hydroxyl groups excluding tert-OH is 1. The quantitative estimate of drug-likeness (QED) is 0.788. The zero-order valence-electron chi connectivity index (χ0n) is 12.6. The lowest BCUT2D eigenvalue weighted by atomic mass is 9.52. The molecule has 3 rings (SSSR count). The zero-order chi connectivity index (χ0) is 13.8. The van der Waals surface area contributed by atoms with Gasteiger partial charge in [0.15, 0.2) is 0 Å². The van der Waals surface area contributed by atoms with Crippen molar-refractivity contribution in [3.8, 4) is 0 Å². The van der Waals surface area contributed by atoms with Crippen LogP contribution in [0.4, 0.5) is 0 Å². The normalized spacial score (nSPS) is 51.6. The molecule has 3 fully saturated rings. The van der Waals surface area contributed by atoms with Crippen LogP contribution in [0.15, 0.2) is 0 Å². The van der Waals surface area contributed by atoms with E-state index in [1.807, 2.05) is 6.92 Å². The van der Waals surface area contributed by atoms with Crippen LogP contribution in [0.3, 0.4) is 0 Å². The van der Waals surface area contributed by atoms with Gasteiger partial charge in [0.25, 0.3) is 0 Å². The molecule has 0 heterocycles. The fraction of sp³-hybridized carbons (Fsp3) is 0.941. The minimum Gasteiger partial charge on any atom is -0.393 e. The number of carbonyl (C=O) groups excluding carboxylic acids is 1. The Hall–Kier alpha value is -0.370. The van der Waals surface area contributed by atoms with Crippen LogP contribution >= 0.6 is 0 Å². The predicted octanol–water partition coefficient (Wildman–Crippen LogP) is 3.42. The van der Waals surface area contributed by atoms with Crippen LogP contribution in [0, 0.1) is 35.0 Å². The van der Waals surface area contributed by atoms with Crippen LogP contribution in [0.5, 0.6) is 0 Å². The van der Waals surface area contributed by atoms with E-state index in [2.05, 4.69) is 13.8 Å². The molecule has 0 saturated heterocycles. The van der Waals surface area contributed by atoms with E-state index in [-0.39, 0.29) is 12.0 Å². The van der Waals surface area contributed by atoms with Gasteiger partial charge in [-0.2, -0.15) is 0 Å². The fourth-order valence-corrected chi connectivity index (χ4v) is 5.96. The Balaban J connectivity index is 1.86. The second kappa shape index (κ2) is 4.58. The number of hydrogen-bond donors (Lipinski definition) is 1. The summed E-state index contributed by atoms with van der Waals surface area (Å²) in [4.78, 5) is 12.0. The monoisotopic (exact) mass is 264 g/mol. The number of rotatable bonds is 1. The van der Waals surface area contributed by atoms with Crippen LogP contribution in [-0.4, -0.2) is 17.0 Å². The topological polar surface area (TPSA) is 37.3 Å². The molecule has 3 aliphatic rings. The first kappa shape index (κ1) is 13.6. The van der Waals surface area contributed by atoms with Crippen molar-refractivity contribution in [2.45, 2.75) is 65.4 Å². The first-order valence-corrected chi connectivity index (χ1v) is 8.16. The second-order valence-corrected chi connectivity index (χ2v) is 7.70. The highest BCUT2D eigenvalue weighted by Gasteiger charge is 2.56. The minimum absolute atomic E-state index is 0.172. The van der Waals surface area contributed by atoms with E-state index in [1.54, 1.807) is 0 Å². The molecule has 3 unspecified atom stereocenters. The molecule has 2 heteroatoms. The van der Waals surface area contributed by atoms with Gasteiger partial charge in [-0.05, 0) is 68.1 Å². The Morgan fingerprint density at radius 3 is 2.63 bits per heavy atom. The Bertz CT molecular complexity index is 375. The first-order valence-electron chi connectivity index (χ1n) is 8.16. The summed E-state index contributed by atoms with van der Waals surface area (Å²) in [6.45, 7) is 6.54. The zero-order valence-corrected chi connectivity index (χ0v) is 12.6. The molecule has 0 aromatic carbocycles. The van der Waals surface area contributed by atoms with Crippen molar-refractivity contribution in [2.24, 2.45) is 35.0 Å². The van der Waals surface area contributed by atoms with Crippen molar-refractivity contribution in [1.82, 2.24) is 0 Å². The Morgan fingerprint density at radius 2 is 1.95 bits per heavy atom. The van der Waals surface area contributed by atoms with Gasteiger partial charge in [0.2, 0.25) is 0 Å². The van der Waals surface area contributed by atoms with Crippen molar-refractivity contribution < 1.29 is 9.90 Å². The molecule has 7 atom stereocenters. The van der Waals surface area contributed by atoms with Gasteiger partial charge >= 0.3 is 0 Å². The summed E-state index contributed by atoms with van der Waals surface area (Å²) >= 11 is 0. The third kappa shape index (κ3) is 1.90. The number of aliphatic hydroxyl groups is 1. The number of Topliss-reactive ketones (excluding diaryl/α,β-unsaturated/α-hetero) is 1. The summed E-state index contributed by atoms with van der Waals surface area (Å²) < 4.78 is 0. The van der Waals surface area contributed by atoms with Crippen molar-refractivity contribution in [1.29, 1.82) is 0 Å². The van der Waals surface area contributed by atoms with E-state index in [1.165, 1.54) is 25.7 Å². The van der Waals surface area contributed by atoms with E-state index in [4.69, 9.17) is 0 Å². The minimum atomic E-state index is -0.172. The van der Waals surface area contributed by atoms with E-state index in [9.17, 15) is 9.90 Å². The summed E-state index contributed by atoms with van der Waals surface area (Å²) in [6, 6.07) is 0. The molecule has 0 spiro atoms. The lowest BCUT2D eigenvalue weighted by Crippen LogP contribution is -2.48. The highest BCUT2D eigenvalue weighted by atomic mass is 16.3. The summed E-state index contributed by atoms with van der Waals surface area (Å²) in [5.41, 5.74) is 0.329. The van der Waals surface area contributed by atoms with E-state index in [0.717, 1.165) is 24.7 Å². The Kier molecular flexibility index (Phi) is 3.28. The van der Waals surface area contributed by atoms with Gasteiger partial charge in [0.1, 0.15) is 5.78 Å². The van der Waals surface area contributed by atoms with Crippen molar-refractivity contribution in [3.05, 3.63) is 0 Å². The molecule has 2 nitrogen and oxygen atoms in total. The van der Waals surface area contributed by atoms with Crippen LogP contribution in [0.25, 0.3) is 0 Å². The first-order chi connectivity index (χ1) is 8.95. The largest absolute Gasteiger partial charge is 0.393 e. The molecule has 108 valence electrons. The van der Waals surface area contributed by atoms with Crippen molar-refractivity contribution in [3.63, 3.8) is 0 Å². The van der Waals surface area contributed by atoms with Gasteiger partial charge < -0.3 is 5.11 Å². The number of carbonyl (C=O) groups is 1. The summed E-state index contributed by atoms with van der Waals surface area (Å²) in [7, 11) is 0. The third-order valence-electron chi connectivity index (χ3n) is 7.02. The molecule has 0 aliphatic heterocycles. The van der Waals surface area contributed by atoms with E-state index >= 15 is 0 Å². The van der Waals surface area contributed by atoms with Gasteiger partial charge in [-0.25, -0.2) is 0 Å². The summed E-state index contributed by atoms with van der Waals surface area (Å²) in [5, 5.41) is 10.1. The van der Waals surface area contributed by atoms with Gasteiger partial charge in [0, 0.05) is 12.3 Å². The van der Waals surface area contributed by atoms with Gasteiger partial charge in [-0.3, -0.25) is 4.79 Å². The number of ketones is 1. The maximum absolute atomic E-state index is 12.0. The van der Waals surface area contributed by atoms with Crippen molar-refractivity contribution >= 4 is 5.78 Å². The molecule has 0 amide bonds. The lowest BCUT2D eigenvalue weighted by Gasteiger charge is -2.52. The highest BCUT2D eigenvalue weighted by molar-refractivity contribution is 5.81. The van der Waals surface area contributed by atoms with E-state index in [0.29, 0.717) is 23.0 Å². The second-order valence-electron chi connectivity index (χ2n) is 7.70. The molecule has 1 N–H and O–H groups in total. The van der Waals surface area contributed by atoms with Crippen LogP contribution in [0.1, 0.15) is 59.3 Å². The maximum atomic E-state index is 12.0. The number of hydrogen-bond acceptors (Lipinski definition) is 2. The summed E-state index contributed by atoms with van der Waals surface area (Å²) in [5.74, 6) is 3.39. The molecule has 0 bridgehead atoms. The van der Waals surface area contributed by atoms with Gasteiger partial charge in [-0.15, -0.1) is 0 Å². The maximum Gasteiger partial charge on any atom is 0.135 e. The lowest BCUT2D eigenvalue weighted by molar-refractivity contribution is -0.133. The standard InChI is InChI=1S/C17H28O2/c1-10-12-8-9-17(3)14(11(2)18)5-6-15(17)13(12)4-7-16(10)19/h10-15,18H,4-9H2,1-3H3/t10-,11+,12?,13?,14-,15?,17-/m1/s1. The third-order valence-corrected chi connectivity index (χ3v) is 7.02. The Labute approximate surface area is 117 Å². The SMILES string of the molecule is C[C@H](O)[C@H]1CCC2C3CCC(=O)[C@H](C)C3CC[C@@]21C. The molecular weight excluding hydrogens is 236 g/mol. The molecular formula is C17H28O2. The highest BCUT2D eigenvalue weighted by Crippen LogP contribution is 2.62. The summed E-state index contributed by atoms with van der Waals surface area (Å²) in [6.07, 6.45) is 6.61. The molecule has 0 aromatic heterocycles. The smallest absolute Gasteiger partial charge is 0.135 e.